The number of hydrogen-bond acceptors (Lipinski definition) is 3. The van der Waals surface area contributed by atoms with E-state index in [0.29, 0.717) is 27.6 Å². The van der Waals surface area contributed by atoms with E-state index in [-0.39, 0.29) is 0 Å². The lowest BCUT2D eigenvalue weighted by molar-refractivity contribution is 1.09. The summed E-state index contributed by atoms with van der Waals surface area (Å²) in [5.74, 6) is 0.564. The standard InChI is InChI=1S/C8H5ClN4/c1-4-12-6-5(2-10)3-11-7(6)8(9)13-4/h3,11H,1H3. The number of aryl methyl sites for hydroxylation is 1. The Labute approximate surface area is 79.2 Å². The lowest BCUT2D eigenvalue weighted by Crippen LogP contribution is -1.89. The highest BCUT2D eigenvalue weighted by molar-refractivity contribution is 6.33. The van der Waals surface area contributed by atoms with Crippen LogP contribution in [-0.2, 0) is 0 Å². The predicted octanol–water partition coefficient (Wildman–Crippen LogP) is 1.79. The van der Waals surface area contributed by atoms with Gasteiger partial charge in [-0.15, -0.1) is 0 Å². The molecule has 0 bridgehead atoms. The Morgan fingerprint density at radius 2 is 2.31 bits per heavy atom. The molecule has 0 amide bonds. The maximum absolute atomic E-state index is 8.73. The summed E-state index contributed by atoms with van der Waals surface area (Å²) in [6.07, 6.45) is 1.57. The third-order valence-corrected chi connectivity index (χ3v) is 1.99. The number of aromatic nitrogens is 3. The molecule has 0 atom stereocenters. The Bertz CT molecular complexity index is 509. The van der Waals surface area contributed by atoms with Gasteiger partial charge < -0.3 is 4.98 Å². The van der Waals surface area contributed by atoms with E-state index in [1.165, 1.54) is 0 Å². The highest BCUT2D eigenvalue weighted by atomic mass is 35.5. The first-order chi connectivity index (χ1) is 6.22. The largest absolute Gasteiger partial charge is 0.356 e. The fraction of sp³-hybridized carbons (Fsp3) is 0.125. The van der Waals surface area contributed by atoms with E-state index in [2.05, 4.69) is 15.0 Å². The molecular weight excluding hydrogens is 188 g/mol. The van der Waals surface area contributed by atoms with E-state index < -0.39 is 0 Å². The Morgan fingerprint density at radius 1 is 1.54 bits per heavy atom. The second-order valence-electron chi connectivity index (χ2n) is 2.60. The summed E-state index contributed by atoms with van der Waals surface area (Å²) in [5.41, 5.74) is 1.69. The van der Waals surface area contributed by atoms with Crippen molar-refractivity contribution >= 4 is 22.6 Å². The zero-order chi connectivity index (χ0) is 9.42. The first kappa shape index (κ1) is 8.02. The monoisotopic (exact) mass is 192 g/mol. The lowest BCUT2D eigenvalue weighted by atomic mass is 10.3. The average molecular weight is 193 g/mol. The van der Waals surface area contributed by atoms with Crippen LogP contribution in [0.2, 0.25) is 5.15 Å². The molecule has 64 valence electrons. The maximum Gasteiger partial charge on any atom is 0.156 e. The van der Waals surface area contributed by atoms with Gasteiger partial charge in [0.2, 0.25) is 0 Å². The van der Waals surface area contributed by atoms with Crippen molar-refractivity contribution in [3.8, 4) is 6.07 Å². The zero-order valence-electron chi connectivity index (χ0n) is 6.80. The number of H-pyrrole nitrogens is 1. The van der Waals surface area contributed by atoms with Crippen molar-refractivity contribution in [1.82, 2.24) is 15.0 Å². The average Bonchev–Trinajstić information content (AvgIpc) is 2.47. The minimum absolute atomic E-state index is 0.351. The number of nitriles is 1. The molecule has 0 radical (unpaired) electrons. The summed E-state index contributed by atoms with van der Waals surface area (Å²) in [5, 5.41) is 9.08. The molecule has 0 unspecified atom stereocenters. The van der Waals surface area contributed by atoms with E-state index >= 15 is 0 Å². The van der Waals surface area contributed by atoms with Gasteiger partial charge in [-0.25, -0.2) is 9.97 Å². The molecule has 0 fully saturated rings. The van der Waals surface area contributed by atoms with Crippen molar-refractivity contribution in [3.05, 3.63) is 22.7 Å². The molecule has 2 aromatic rings. The quantitative estimate of drug-likeness (QED) is 0.648. The van der Waals surface area contributed by atoms with E-state index in [1.54, 1.807) is 13.1 Å². The topological polar surface area (TPSA) is 65.4 Å². The number of rotatable bonds is 0. The minimum Gasteiger partial charge on any atom is -0.356 e. The minimum atomic E-state index is 0.351. The van der Waals surface area contributed by atoms with Crippen LogP contribution in [0.3, 0.4) is 0 Å². The van der Waals surface area contributed by atoms with Crippen LogP contribution in [0, 0.1) is 18.3 Å². The Hall–Kier alpha value is -1.60. The van der Waals surface area contributed by atoms with Crippen molar-refractivity contribution in [2.45, 2.75) is 6.92 Å². The van der Waals surface area contributed by atoms with Gasteiger partial charge in [-0.1, -0.05) is 11.6 Å². The molecule has 2 aromatic heterocycles. The van der Waals surface area contributed by atoms with Gasteiger partial charge in [0.05, 0.1) is 5.56 Å². The second kappa shape index (κ2) is 2.71. The van der Waals surface area contributed by atoms with Gasteiger partial charge in [-0.05, 0) is 6.92 Å². The molecule has 1 N–H and O–H groups in total. The van der Waals surface area contributed by atoms with E-state index in [0.717, 1.165) is 0 Å². The number of nitrogens with one attached hydrogen (secondary N) is 1. The maximum atomic E-state index is 8.73. The van der Waals surface area contributed by atoms with Gasteiger partial charge in [-0.2, -0.15) is 5.26 Å². The molecule has 0 aliphatic heterocycles. The number of nitrogens with zero attached hydrogens (tertiary/aromatic N) is 3. The fourth-order valence-corrected chi connectivity index (χ4v) is 1.43. The summed E-state index contributed by atoms with van der Waals surface area (Å²) in [6.45, 7) is 1.74. The van der Waals surface area contributed by atoms with Gasteiger partial charge in [0.1, 0.15) is 22.9 Å². The molecule has 0 aliphatic carbocycles. The molecule has 0 saturated carbocycles. The number of aromatic amines is 1. The molecule has 13 heavy (non-hydrogen) atoms. The molecule has 0 aromatic carbocycles. The van der Waals surface area contributed by atoms with Crippen molar-refractivity contribution in [1.29, 1.82) is 5.26 Å². The third-order valence-electron chi connectivity index (χ3n) is 1.71. The van der Waals surface area contributed by atoms with E-state index in [4.69, 9.17) is 16.9 Å². The van der Waals surface area contributed by atoms with Crippen molar-refractivity contribution in [2.24, 2.45) is 0 Å². The Morgan fingerprint density at radius 3 is 3.00 bits per heavy atom. The molecular formula is C8H5ClN4. The number of hydrogen-bond donors (Lipinski definition) is 1. The molecule has 0 saturated heterocycles. The van der Waals surface area contributed by atoms with E-state index in [9.17, 15) is 0 Å². The lowest BCUT2D eigenvalue weighted by Gasteiger charge is -1.94. The summed E-state index contributed by atoms with van der Waals surface area (Å²) < 4.78 is 0. The smallest absolute Gasteiger partial charge is 0.156 e. The molecule has 0 aliphatic rings. The van der Waals surface area contributed by atoms with Gasteiger partial charge >= 0.3 is 0 Å². The highest BCUT2D eigenvalue weighted by Gasteiger charge is 2.09. The van der Waals surface area contributed by atoms with Gasteiger partial charge in [0, 0.05) is 6.20 Å². The predicted molar refractivity (Wildman–Crippen MR) is 48.4 cm³/mol. The normalized spacial score (nSPS) is 10.2. The first-order valence-electron chi connectivity index (χ1n) is 3.63. The van der Waals surface area contributed by atoms with Crippen molar-refractivity contribution in [2.75, 3.05) is 0 Å². The second-order valence-corrected chi connectivity index (χ2v) is 2.96. The van der Waals surface area contributed by atoms with Gasteiger partial charge in [0.15, 0.2) is 5.15 Å². The molecule has 2 rings (SSSR count). The fourth-order valence-electron chi connectivity index (χ4n) is 1.16. The van der Waals surface area contributed by atoms with Crippen molar-refractivity contribution < 1.29 is 0 Å². The number of fused-ring (bicyclic) bond motifs is 1. The Kier molecular flexibility index (Phi) is 1.67. The molecule has 5 heteroatoms. The van der Waals surface area contributed by atoms with Crippen molar-refractivity contribution in [3.63, 3.8) is 0 Å². The first-order valence-corrected chi connectivity index (χ1v) is 4.01. The Balaban J connectivity index is 2.92. The summed E-state index contributed by atoms with van der Waals surface area (Å²) >= 11 is 5.84. The van der Waals surface area contributed by atoms with Crippen LogP contribution in [-0.4, -0.2) is 15.0 Å². The van der Waals surface area contributed by atoms with Crippen LogP contribution in [0.5, 0.6) is 0 Å². The summed E-state index contributed by atoms with van der Waals surface area (Å²) in [7, 11) is 0. The highest BCUT2D eigenvalue weighted by Crippen LogP contribution is 2.21. The van der Waals surface area contributed by atoms with Crippen LogP contribution in [0.15, 0.2) is 6.20 Å². The summed E-state index contributed by atoms with van der Waals surface area (Å²) in [6, 6.07) is 2.02. The molecule has 2 heterocycles. The van der Waals surface area contributed by atoms with E-state index in [1.807, 2.05) is 6.07 Å². The van der Waals surface area contributed by atoms with Crippen LogP contribution in [0.1, 0.15) is 11.4 Å². The van der Waals surface area contributed by atoms with Crippen LogP contribution in [0.25, 0.3) is 11.0 Å². The van der Waals surface area contributed by atoms with Gasteiger partial charge in [-0.3, -0.25) is 0 Å². The SMILES string of the molecule is Cc1nc(Cl)c2[nH]cc(C#N)c2n1. The number of halogens is 1. The third kappa shape index (κ3) is 1.14. The molecule has 4 nitrogen and oxygen atoms in total. The van der Waals surface area contributed by atoms with Crippen LogP contribution in [0.4, 0.5) is 0 Å². The van der Waals surface area contributed by atoms with Gasteiger partial charge in [0.25, 0.3) is 0 Å². The van der Waals surface area contributed by atoms with Crippen LogP contribution < -0.4 is 0 Å². The van der Waals surface area contributed by atoms with Crippen LogP contribution >= 0.6 is 11.6 Å². The summed E-state index contributed by atoms with van der Waals surface area (Å²) in [4.78, 5) is 10.9. The zero-order valence-corrected chi connectivity index (χ0v) is 7.55. The molecule has 0 spiro atoms.